The highest BCUT2D eigenvalue weighted by Crippen LogP contribution is 2.21. The molecule has 3 nitrogen and oxygen atoms in total. The van der Waals surface area contributed by atoms with Crippen molar-refractivity contribution in [3.05, 3.63) is 21.3 Å². The zero-order valence-electron chi connectivity index (χ0n) is 11.5. The van der Waals surface area contributed by atoms with Crippen LogP contribution in [0.4, 0.5) is 0 Å². The van der Waals surface area contributed by atoms with E-state index in [0.717, 1.165) is 34.9 Å². The van der Waals surface area contributed by atoms with Gasteiger partial charge < -0.3 is 11.1 Å². The first-order valence-corrected chi connectivity index (χ1v) is 8.06. The van der Waals surface area contributed by atoms with Gasteiger partial charge in [0.2, 0.25) is 5.91 Å². The van der Waals surface area contributed by atoms with Crippen LogP contribution in [0.25, 0.3) is 0 Å². The van der Waals surface area contributed by atoms with Gasteiger partial charge in [-0.05, 0) is 37.4 Å². The fourth-order valence-electron chi connectivity index (χ4n) is 2.13. The third kappa shape index (κ3) is 6.95. The summed E-state index contributed by atoms with van der Waals surface area (Å²) in [6.07, 6.45) is 4.85. The number of halogens is 1. The molecule has 0 saturated carbocycles. The monoisotopic (exact) mass is 302 g/mol. The molecule has 0 radical (unpaired) electrons. The van der Waals surface area contributed by atoms with Crippen LogP contribution in [0.5, 0.6) is 0 Å². The Kier molecular flexibility index (Phi) is 8.10. The van der Waals surface area contributed by atoms with E-state index in [9.17, 15) is 4.79 Å². The molecule has 0 bridgehead atoms. The Hall–Kier alpha value is -0.580. The Morgan fingerprint density at radius 3 is 2.79 bits per heavy atom. The van der Waals surface area contributed by atoms with E-state index in [2.05, 4.69) is 12.2 Å². The Labute approximate surface area is 124 Å². The number of thiophene rings is 1. The van der Waals surface area contributed by atoms with Crippen molar-refractivity contribution < 1.29 is 4.79 Å². The first kappa shape index (κ1) is 16.5. The molecule has 1 heterocycles. The molecule has 1 atom stereocenters. The first-order valence-electron chi connectivity index (χ1n) is 6.86. The minimum Gasteiger partial charge on any atom is -0.351 e. The molecule has 0 saturated heterocycles. The van der Waals surface area contributed by atoms with Crippen LogP contribution < -0.4 is 11.1 Å². The van der Waals surface area contributed by atoms with Gasteiger partial charge in [-0.25, -0.2) is 0 Å². The van der Waals surface area contributed by atoms with Gasteiger partial charge in [-0.1, -0.05) is 31.4 Å². The number of hydrogen-bond donors (Lipinski definition) is 2. The van der Waals surface area contributed by atoms with Crippen molar-refractivity contribution in [3.63, 3.8) is 0 Å². The third-order valence-corrected chi connectivity index (χ3v) is 4.37. The zero-order chi connectivity index (χ0) is 14.1. The van der Waals surface area contributed by atoms with Crippen LogP contribution in [0, 0.1) is 5.92 Å². The highest BCUT2D eigenvalue weighted by molar-refractivity contribution is 7.16. The molecule has 0 aliphatic carbocycles. The number of rotatable bonds is 9. The lowest BCUT2D eigenvalue weighted by atomic mass is 9.94. The average molecular weight is 303 g/mol. The van der Waals surface area contributed by atoms with E-state index in [-0.39, 0.29) is 5.91 Å². The van der Waals surface area contributed by atoms with Crippen LogP contribution in [-0.2, 0) is 11.3 Å². The minimum absolute atomic E-state index is 0.114. The molecule has 0 fully saturated rings. The van der Waals surface area contributed by atoms with Crippen LogP contribution in [0.2, 0.25) is 4.34 Å². The van der Waals surface area contributed by atoms with E-state index >= 15 is 0 Å². The summed E-state index contributed by atoms with van der Waals surface area (Å²) >= 11 is 7.35. The fourth-order valence-corrected chi connectivity index (χ4v) is 3.16. The largest absolute Gasteiger partial charge is 0.351 e. The maximum absolute atomic E-state index is 11.8. The predicted molar refractivity (Wildman–Crippen MR) is 82.5 cm³/mol. The van der Waals surface area contributed by atoms with Gasteiger partial charge in [-0.15, -0.1) is 11.3 Å². The highest BCUT2D eigenvalue weighted by atomic mass is 35.5. The predicted octanol–water partition coefficient (Wildman–Crippen LogP) is 3.56. The quantitative estimate of drug-likeness (QED) is 0.733. The van der Waals surface area contributed by atoms with E-state index in [1.807, 2.05) is 12.1 Å². The summed E-state index contributed by atoms with van der Waals surface area (Å²) in [7, 11) is 0. The van der Waals surface area contributed by atoms with Crippen molar-refractivity contribution in [2.75, 3.05) is 6.54 Å². The summed E-state index contributed by atoms with van der Waals surface area (Å²) in [6.45, 7) is 3.45. The van der Waals surface area contributed by atoms with Crippen molar-refractivity contribution >= 4 is 28.8 Å². The number of carbonyl (C=O) groups excluding carboxylic acids is 1. The SMILES string of the molecule is CCCC(CCN)CCC(=O)NCc1ccc(Cl)s1. The number of hydrogen-bond acceptors (Lipinski definition) is 3. The second-order valence-corrected chi connectivity index (χ2v) is 6.55. The van der Waals surface area contributed by atoms with Gasteiger partial charge in [-0.3, -0.25) is 4.79 Å². The van der Waals surface area contributed by atoms with Crippen LogP contribution in [0.15, 0.2) is 12.1 Å². The van der Waals surface area contributed by atoms with Gasteiger partial charge in [0.05, 0.1) is 10.9 Å². The fraction of sp³-hybridized carbons (Fsp3) is 0.643. The van der Waals surface area contributed by atoms with Gasteiger partial charge in [0.1, 0.15) is 0 Å². The number of nitrogens with two attached hydrogens (primary N) is 1. The smallest absolute Gasteiger partial charge is 0.220 e. The standard InChI is InChI=1S/C14H23ClN2OS/c1-2-3-11(8-9-16)4-7-14(18)17-10-12-5-6-13(15)19-12/h5-6,11H,2-4,7-10,16H2,1H3,(H,17,18). The molecule has 1 aromatic heterocycles. The molecule has 5 heteroatoms. The summed E-state index contributed by atoms with van der Waals surface area (Å²) in [5.74, 6) is 0.694. The average Bonchev–Trinajstić information content (AvgIpc) is 2.80. The van der Waals surface area contributed by atoms with Gasteiger partial charge >= 0.3 is 0 Å². The van der Waals surface area contributed by atoms with Crippen molar-refractivity contribution in [2.45, 2.75) is 45.6 Å². The first-order chi connectivity index (χ1) is 9.15. The molecule has 108 valence electrons. The summed E-state index contributed by atoms with van der Waals surface area (Å²) in [5, 5.41) is 2.93. The van der Waals surface area contributed by atoms with Crippen molar-refractivity contribution in [2.24, 2.45) is 11.7 Å². The van der Waals surface area contributed by atoms with E-state index in [1.165, 1.54) is 11.3 Å². The van der Waals surface area contributed by atoms with E-state index in [0.29, 0.717) is 25.4 Å². The zero-order valence-corrected chi connectivity index (χ0v) is 13.0. The minimum atomic E-state index is 0.114. The topological polar surface area (TPSA) is 55.1 Å². The van der Waals surface area contributed by atoms with Crippen molar-refractivity contribution in [1.29, 1.82) is 0 Å². The Morgan fingerprint density at radius 1 is 1.42 bits per heavy atom. The number of nitrogens with one attached hydrogen (secondary N) is 1. The maximum atomic E-state index is 11.8. The van der Waals surface area contributed by atoms with Crippen LogP contribution in [0.1, 0.15) is 43.9 Å². The Bertz CT molecular complexity index is 375. The van der Waals surface area contributed by atoms with Gasteiger partial charge in [0.15, 0.2) is 0 Å². The molecule has 0 aliphatic heterocycles. The van der Waals surface area contributed by atoms with Gasteiger partial charge in [0.25, 0.3) is 0 Å². The third-order valence-electron chi connectivity index (χ3n) is 3.14. The van der Waals surface area contributed by atoms with Crippen molar-refractivity contribution in [3.8, 4) is 0 Å². The summed E-state index contributed by atoms with van der Waals surface area (Å²) in [6, 6.07) is 3.80. The molecular formula is C14H23ClN2OS. The van der Waals surface area contributed by atoms with Gasteiger partial charge in [0, 0.05) is 11.3 Å². The Balaban J connectivity index is 2.22. The summed E-state index contributed by atoms with van der Waals surface area (Å²) in [4.78, 5) is 12.9. The molecule has 1 rings (SSSR count). The molecule has 0 aromatic carbocycles. The lowest BCUT2D eigenvalue weighted by Gasteiger charge is -2.14. The summed E-state index contributed by atoms with van der Waals surface area (Å²) < 4.78 is 0.759. The van der Waals surface area contributed by atoms with Crippen LogP contribution in [0.3, 0.4) is 0 Å². The highest BCUT2D eigenvalue weighted by Gasteiger charge is 2.10. The molecule has 0 spiro atoms. The molecule has 19 heavy (non-hydrogen) atoms. The maximum Gasteiger partial charge on any atom is 0.220 e. The lowest BCUT2D eigenvalue weighted by molar-refractivity contribution is -0.121. The second kappa shape index (κ2) is 9.34. The number of carbonyl (C=O) groups is 1. The summed E-state index contributed by atoms with van der Waals surface area (Å²) in [5.41, 5.74) is 5.59. The number of amides is 1. The van der Waals surface area contributed by atoms with E-state index < -0.39 is 0 Å². The lowest BCUT2D eigenvalue weighted by Crippen LogP contribution is -2.23. The van der Waals surface area contributed by atoms with Crippen LogP contribution >= 0.6 is 22.9 Å². The normalized spacial score (nSPS) is 12.4. The molecule has 3 N–H and O–H groups in total. The molecule has 0 aliphatic rings. The molecular weight excluding hydrogens is 280 g/mol. The van der Waals surface area contributed by atoms with Crippen molar-refractivity contribution in [1.82, 2.24) is 5.32 Å². The molecule has 1 amide bonds. The molecule has 1 aromatic rings. The second-order valence-electron chi connectivity index (χ2n) is 4.75. The van der Waals surface area contributed by atoms with Gasteiger partial charge in [-0.2, -0.15) is 0 Å². The Morgan fingerprint density at radius 2 is 2.21 bits per heavy atom. The molecule has 1 unspecified atom stereocenters. The van der Waals surface area contributed by atoms with Crippen LogP contribution in [-0.4, -0.2) is 12.5 Å². The van der Waals surface area contributed by atoms with E-state index in [4.69, 9.17) is 17.3 Å². The van der Waals surface area contributed by atoms with E-state index in [1.54, 1.807) is 0 Å².